The first-order valence-corrected chi connectivity index (χ1v) is 5.60. The zero-order valence-corrected chi connectivity index (χ0v) is 10.9. The normalized spacial score (nSPS) is 30.1. The van der Waals surface area contributed by atoms with Crippen molar-refractivity contribution in [1.29, 1.82) is 0 Å². The molecule has 0 spiro atoms. The fourth-order valence-corrected chi connectivity index (χ4v) is 1.90. The van der Waals surface area contributed by atoms with Gasteiger partial charge in [0.15, 0.2) is 5.79 Å². The van der Waals surface area contributed by atoms with E-state index in [0.717, 1.165) is 0 Å². The maximum absolute atomic E-state index is 11.6. The predicted octanol–water partition coefficient (Wildman–Crippen LogP) is 1.01. The molecule has 1 fully saturated rings. The van der Waals surface area contributed by atoms with Crippen LogP contribution in [0.3, 0.4) is 0 Å². The maximum atomic E-state index is 11.6. The summed E-state index contributed by atoms with van der Waals surface area (Å²) in [6.07, 6.45) is -0.296. The van der Waals surface area contributed by atoms with E-state index in [4.69, 9.17) is 9.47 Å². The van der Waals surface area contributed by atoms with E-state index in [2.05, 4.69) is 4.74 Å². The molecule has 0 radical (unpaired) electrons. The van der Waals surface area contributed by atoms with Gasteiger partial charge in [-0.1, -0.05) is 6.08 Å². The Morgan fingerprint density at radius 2 is 2.06 bits per heavy atom. The van der Waals surface area contributed by atoms with E-state index in [1.165, 1.54) is 7.11 Å². The molecular formula is C12H20O5. The quantitative estimate of drug-likeness (QED) is 0.593. The molecular weight excluding hydrogens is 224 g/mol. The Kier molecular flexibility index (Phi) is 4.30. The van der Waals surface area contributed by atoms with Crippen molar-refractivity contribution in [2.45, 2.75) is 51.8 Å². The minimum absolute atomic E-state index is 0.365. The molecule has 0 aromatic heterocycles. The molecule has 5 heteroatoms. The molecule has 0 amide bonds. The highest BCUT2D eigenvalue weighted by Crippen LogP contribution is 2.34. The number of aliphatic hydroxyl groups excluding tert-OH is 1. The summed E-state index contributed by atoms with van der Waals surface area (Å²) in [5, 5.41) is 9.67. The van der Waals surface area contributed by atoms with Gasteiger partial charge in [-0.3, -0.25) is 0 Å². The number of aliphatic hydroxyl groups is 1. The molecule has 1 rings (SSSR count). The van der Waals surface area contributed by atoms with Crippen LogP contribution in [0.25, 0.3) is 0 Å². The molecule has 1 heterocycles. The fraction of sp³-hybridized carbons (Fsp3) is 0.750. The molecule has 0 aliphatic carbocycles. The van der Waals surface area contributed by atoms with E-state index >= 15 is 0 Å². The smallest absolute Gasteiger partial charge is 0.336 e. The molecule has 2 unspecified atom stereocenters. The molecule has 0 aromatic rings. The molecule has 3 atom stereocenters. The fourth-order valence-electron chi connectivity index (χ4n) is 1.90. The van der Waals surface area contributed by atoms with Gasteiger partial charge < -0.3 is 19.3 Å². The number of rotatable bonds is 3. The summed E-state index contributed by atoms with van der Waals surface area (Å²) in [5.41, 5.74) is 0.365. The number of allylic oxidation sites excluding steroid dienone is 1. The Bertz CT molecular complexity index is 319. The molecule has 17 heavy (non-hydrogen) atoms. The molecule has 5 nitrogen and oxygen atoms in total. The summed E-state index contributed by atoms with van der Waals surface area (Å²) >= 11 is 0. The van der Waals surface area contributed by atoms with Gasteiger partial charge in [0, 0.05) is 0 Å². The van der Waals surface area contributed by atoms with Gasteiger partial charge in [0.2, 0.25) is 0 Å². The zero-order valence-electron chi connectivity index (χ0n) is 10.9. The van der Waals surface area contributed by atoms with E-state index in [1.807, 2.05) is 0 Å². The molecule has 0 aromatic carbocycles. The van der Waals surface area contributed by atoms with Gasteiger partial charge in [-0.05, 0) is 27.7 Å². The average molecular weight is 244 g/mol. The third kappa shape index (κ3) is 3.06. The van der Waals surface area contributed by atoms with Crippen molar-refractivity contribution in [2.24, 2.45) is 0 Å². The second-order valence-electron chi connectivity index (χ2n) is 4.50. The van der Waals surface area contributed by atoms with Crippen molar-refractivity contribution in [3.63, 3.8) is 0 Å². The van der Waals surface area contributed by atoms with Crippen molar-refractivity contribution in [1.82, 2.24) is 0 Å². The van der Waals surface area contributed by atoms with E-state index in [-0.39, 0.29) is 0 Å². The average Bonchev–Trinajstić information content (AvgIpc) is 2.55. The molecule has 1 N–H and O–H groups in total. The summed E-state index contributed by atoms with van der Waals surface area (Å²) in [4.78, 5) is 11.6. The summed E-state index contributed by atoms with van der Waals surface area (Å²) in [5.74, 6) is -1.29. The van der Waals surface area contributed by atoms with Gasteiger partial charge in [-0.2, -0.15) is 0 Å². The highest BCUT2D eigenvalue weighted by Gasteiger charge is 2.46. The Balaban J connectivity index is 2.98. The largest absolute Gasteiger partial charge is 0.466 e. The summed E-state index contributed by atoms with van der Waals surface area (Å²) in [6, 6.07) is 0. The molecule has 1 aliphatic heterocycles. The number of hydrogen-bond acceptors (Lipinski definition) is 5. The van der Waals surface area contributed by atoms with Crippen LogP contribution in [-0.4, -0.2) is 42.3 Å². The van der Waals surface area contributed by atoms with Crippen molar-refractivity contribution in [3.05, 3.63) is 11.6 Å². The van der Waals surface area contributed by atoms with Crippen LogP contribution in [0.15, 0.2) is 11.6 Å². The molecule has 1 saturated heterocycles. The van der Waals surface area contributed by atoms with Crippen LogP contribution in [0.1, 0.15) is 27.7 Å². The van der Waals surface area contributed by atoms with E-state index in [1.54, 1.807) is 33.8 Å². The first kappa shape index (κ1) is 14.2. The minimum atomic E-state index is -0.825. The van der Waals surface area contributed by atoms with Crippen molar-refractivity contribution in [2.75, 3.05) is 7.11 Å². The van der Waals surface area contributed by atoms with Gasteiger partial charge in [-0.15, -0.1) is 0 Å². The van der Waals surface area contributed by atoms with Crippen LogP contribution in [0.2, 0.25) is 0 Å². The van der Waals surface area contributed by atoms with Crippen molar-refractivity contribution < 1.29 is 24.1 Å². The van der Waals surface area contributed by atoms with Gasteiger partial charge in [0.05, 0.1) is 18.8 Å². The number of hydrogen-bond donors (Lipinski definition) is 1. The topological polar surface area (TPSA) is 65.0 Å². The van der Waals surface area contributed by atoms with Crippen LogP contribution in [0, 0.1) is 0 Å². The van der Waals surface area contributed by atoms with Crippen molar-refractivity contribution >= 4 is 5.97 Å². The third-order valence-corrected chi connectivity index (χ3v) is 2.64. The first-order valence-electron chi connectivity index (χ1n) is 5.60. The van der Waals surface area contributed by atoms with E-state index in [0.29, 0.717) is 5.57 Å². The van der Waals surface area contributed by atoms with E-state index in [9.17, 15) is 9.90 Å². The lowest BCUT2D eigenvalue weighted by Gasteiger charge is -2.20. The van der Waals surface area contributed by atoms with Crippen LogP contribution >= 0.6 is 0 Å². The standard InChI is InChI=1S/C12H20O5/c1-6-8(11(14)15-5)10-9(7(2)13)16-12(3,4)17-10/h6-7,9-10,13H,1-5H3/b8-6+/t7-,9?,10?/m1/s1. The Morgan fingerprint density at radius 1 is 1.47 bits per heavy atom. The van der Waals surface area contributed by atoms with Crippen LogP contribution in [0.5, 0.6) is 0 Å². The number of methoxy groups -OCH3 is 1. The lowest BCUT2D eigenvalue weighted by Crippen LogP contribution is -2.36. The first-order chi connectivity index (χ1) is 7.82. The van der Waals surface area contributed by atoms with Gasteiger partial charge >= 0.3 is 5.97 Å². The van der Waals surface area contributed by atoms with Crippen LogP contribution in [-0.2, 0) is 19.0 Å². The Hall–Kier alpha value is -0.910. The molecule has 0 bridgehead atoms. The number of ether oxygens (including phenoxy) is 3. The molecule has 1 aliphatic rings. The van der Waals surface area contributed by atoms with Crippen molar-refractivity contribution in [3.8, 4) is 0 Å². The Morgan fingerprint density at radius 3 is 2.47 bits per heavy atom. The van der Waals surface area contributed by atoms with Crippen LogP contribution < -0.4 is 0 Å². The highest BCUT2D eigenvalue weighted by atomic mass is 16.8. The summed E-state index contributed by atoms with van der Waals surface area (Å²) in [6.45, 7) is 6.81. The molecule has 0 saturated carbocycles. The lowest BCUT2D eigenvalue weighted by atomic mass is 10.0. The second-order valence-corrected chi connectivity index (χ2v) is 4.50. The SMILES string of the molecule is C/C=C(/C(=O)OC)C1OC(C)(C)OC1[C@@H](C)O. The summed E-state index contributed by atoms with van der Waals surface area (Å²) in [7, 11) is 1.31. The lowest BCUT2D eigenvalue weighted by molar-refractivity contribution is -0.153. The highest BCUT2D eigenvalue weighted by molar-refractivity contribution is 5.89. The Labute approximate surface area is 101 Å². The minimum Gasteiger partial charge on any atom is -0.466 e. The monoisotopic (exact) mass is 244 g/mol. The van der Waals surface area contributed by atoms with Gasteiger partial charge in [0.25, 0.3) is 0 Å². The third-order valence-electron chi connectivity index (χ3n) is 2.64. The molecule has 98 valence electrons. The van der Waals surface area contributed by atoms with Gasteiger partial charge in [0.1, 0.15) is 12.2 Å². The number of esters is 1. The number of carbonyl (C=O) groups is 1. The second kappa shape index (κ2) is 5.16. The van der Waals surface area contributed by atoms with Crippen LogP contribution in [0.4, 0.5) is 0 Å². The van der Waals surface area contributed by atoms with E-state index < -0.39 is 30.1 Å². The summed E-state index contributed by atoms with van der Waals surface area (Å²) < 4.78 is 15.9. The number of carbonyl (C=O) groups excluding carboxylic acids is 1. The zero-order chi connectivity index (χ0) is 13.2. The maximum Gasteiger partial charge on any atom is 0.336 e. The van der Waals surface area contributed by atoms with Gasteiger partial charge in [-0.25, -0.2) is 4.79 Å². The predicted molar refractivity (Wildman–Crippen MR) is 61.3 cm³/mol.